The number of nitrogens with zero attached hydrogens (tertiary/aromatic N) is 4. The standard InChI is InChI=1S/C14H16F2N4O2S/c1-19-9-17-18-14(19)12-4-2-3-7-20(12)23(21,22)13-6-5-10(15)8-11(13)16/h5-6,8-9,12H,2-4,7H2,1H3. The van der Waals surface area contributed by atoms with Gasteiger partial charge in [-0.2, -0.15) is 4.31 Å². The number of hydrogen-bond donors (Lipinski definition) is 0. The number of aryl methyl sites for hydroxylation is 1. The third-order valence-electron chi connectivity index (χ3n) is 3.98. The van der Waals surface area contributed by atoms with Crippen LogP contribution < -0.4 is 0 Å². The highest BCUT2D eigenvalue weighted by molar-refractivity contribution is 7.89. The largest absolute Gasteiger partial charge is 0.319 e. The third-order valence-corrected chi connectivity index (χ3v) is 5.92. The Hall–Kier alpha value is -1.87. The van der Waals surface area contributed by atoms with Gasteiger partial charge < -0.3 is 4.57 Å². The number of benzene rings is 1. The molecule has 0 bridgehead atoms. The lowest BCUT2D eigenvalue weighted by atomic mass is 10.0. The van der Waals surface area contributed by atoms with E-state index in [0.29, 0.717) is 24.7 Å². The average molecular weight is 342 g/mol. The molecule has 1 aliphatic rings. The first-order valence-corrected chi connectivity index (χ1v) is 8.66. The number of hydrogen-bond acceptors (Lipinski definition) is 4. The van der Waals surface area contributed by atoms with Crippen LogP contribution in [0.4, 0.5) is 8.78 Å². The van der Waals surface area contributed by atoms with E-state index in [1.165, 1.54) is 10.6 Å². The van der Waals surface area contributed by atoms with Crippen LogP contribution in [0.15, 0.2) is 29.4 Å². The van der Waals surface area contributed by atoms with E-state index in [4.69, 9.17) is 0 Å². The van der Waals surface area contributed by atoms with Crippen LogP contribution in [-0.4, -0.2) is 34.0 Å². The molecule has 1 unspecified atom stereocenters. The first-order chi connectivity index (χ1) is 10.9. The number of halogens is 2. The molecule has 2 heterocycles. The van der Waals surface area contributed by atoms with E-state index in [-0.39, 0.29) is 6.54 Å². The minimum absolute atomic E-state index is 0.261. The van der Waals surface area contributed by atoms with Crippen LogP contribution in [0, 0.1) is 11.6 Å². The summed E-state index contributed by atoms with van der Waals surface area (Å²) in [5.41, 5.74) is 0. The van der Waals surface area contributed by atoms with Crippen molar-refractivity contribution < 1.29 is 17.2 Å². The second kappa shape index (κ2) is 5.97. The molecular weight excluding hydrogens is 326 g/mol. The quantitative estimate of drug-likeness (QED) is 0.856. The first-order valence-electron chi connectivity index (χ1n) is 7.22. The van der Waals surface area contributed by atoms with Crippen LogP contribution in [-0.2, 0) is 17.1 Å². The molecule has 3 rings (SSSR count). The fourth-order valence-corrected chi connectivity index (χ4v) is 4.56. The maximum absolute atomic E-state index is 14.0. The van der Waals surface area contributed by atoms with Gasteiger partial charge in [-0.15, -0.1) is 10.2 Å². The summed E-state index contributed by atoms with van der Waals surface area (Å²) in [5.74, 6) is -1.40. The van der Waals surface area contributed by atoms with E-state index in [2.05, 4.69) is 10.2 Å². The monoisotopic (exact) mass is 342 g/mol. The van der Waals surface area contributed by atoms with Crippen molar-refractivity contribution in [1.82, 2.24) is 19.1 Å². The Balaban J connectivity index is 2.04. The number of piperidine rings is 1. The molecule has 0 aliphatic carbocycles. The van der Waals surface area contributed by atoms with Gasteiger partial charge in [-0.3, -0.25) is 0 Å². The van der Waals surface area contributed by atoms with Gasteiger partial charge in [-0.1, -0.05) is 6.42 Å². The predicted molar refractivity (Wildman–Crippen MR) is 77.8 cm³/mol. The number of sulfonamides is 1. The highest BCUT2D eigenvalue weighted by Gasteiger charge is 2.37. The Morgan fingerprint density at radius 3 is 2.70 bits per heavy atom. The number of rotatable bonds is 3. The normalized spacial score (nSPS) is 19.9. The van der Waals surface area contributed by atoms with Crippen LogP contribution in [0.1, 0.15) is 31.1 Å². The van der Waals surface area contributed by atoms with Crippen LogP contribution in [0.25, 0.3) is 0 Å². The maximum atomic E-state index is 14.0. The van der Waals surface area contributed by atoms with Crippen molar-refractivity contribution in [3.63, 3.8) is 0 Å². The Morgan fingerprint density at radius 1 is 1.26 bits per heavy atom. The minimum atomic E-state index is -4.09. The van der Waals surface area contributed by atoms with Crippen LogP contribution in [0.2, 0.25) is 0 Å². The lowest BCUT2D eigenvalue weighted by Crippen LogP contribution is -2.39. The van der Waals surface area contributed by atoms with Gasteiger partial charge in [-0.25, -0.2) is 17.2 Å². The van der Waals surface area contributed by atoms with Crippen molar-refractivity contribution in [3.05, 3.63) is 42.0 Å². The highest BCUT2D eigenvalue weighted by atomic mass is 32.2. The summed E-state index contributed by atoms with van der Waals surface area (Å²) in [6, 6.07) is 1.97. The van der Waals surface area contributed by atoms with Gasteiger partial charge in [0.15, 0.2) is 5.82 Å². The molecular formula is C14H16F2N4O2S. The van der Waals surface area contributed by atoms with Gasteiger partial charge in [0.05, 0.1) is 6.04 Å². The molecule has 0 N–H and O–H groups in total. The Kier molecular flexibility index (Phi) is 4.15. The van der Waals surface area contributed by atoms with Crippen molar-refractivity contribution >= 4 is 10.0 Å². The molecule has 1 aromatic carbocycles. The maximum Gasteiger partial charge on any atom is 0.246 e. The van der Waals surface area contributed by atoms with Crippen LogP contribution in [0.5, 0.6) is 0 Å². The number of aromatic nitrogens is 3. The average Bonchev–Trinajstić information content (AvgIpc) is 2.93. The van der Waals surface area contributed by atoms with E-state index in [9.17, 15) is 17.2 Å². The molecule has 1 aliphatic heterocycles. The van der Waals surface area contributed by atoms with E-state index in [1.807, 2.05) is 0 Å². The second-order valence-corrected chi connectivity index (χ2v) is 7.36. The van der Waals surface area contributed by atoms with Crippen molar-refractivity contribution in [3.8, 4) is 0 Å². The molecule has 0 radical (unpaired) electrons. The molecule has 1 aromatic heterocycles. The van der Waals surface area contributed by atoms with E-state index >= 15 is 0 Å². The van der Waals surface area contributed by atoms with E-state index in [0.717, 1.165) is 18.6 Å². The van der Waals surface area contributed by atoms with Gasteiger partial charge in [0, 0.05) is 19.7 Å². The summed E-state index contributed by atoms with van der Waals surface area (Å²) in [7, 11) is -2.36. The summed E-state index contributed by atoms with van der Waals surface area (Å²) in [6.45, 7) is 0.261. The van der Waals surface area contributed by atoms with Gasteiger partial charge >= 0.3 is 0 Å². The zero-order valence-electron chi connectivity index (χ0n) is 12.5. The van der Waals surface area contributed by atoms with Gasteiger partial charge in [0.2, 0.25) is 10.0 Å². The summed E-state index contributed by atoms with van der Waals surface area (Å²) in [4.78, 5) is -0.520. The third kappa shape index (κ3) is 2.86. The van der Waals surface area contributed by atoms with E-state index in [1.54, 1.807) is 11.6 Å². The summed E-state index contributed by atoms with van der Waals surface area (Å²) in [6.07, 6.45) is 3.59. The van der Waals surface area contributed by atoms with Gasteiger partial charge in [-0.05, 0) is 25.0 Å². The fraction of sp³-hybridized carbons (Fsp3) is 0.429. The molecule has 6 nitrogen and oxygen atoms in total. The summed E-state index contributed by atoms with van der Waals surface area (Å²) in [5, 5.41) is 7.77. The molecule has 1 fully saturated rings. The highest BCUT2D eigenvalue weighted by Crippen LogP contribution is 2.35. The Bertz CT molecular complexity index is 822. The van der Waals surface area contributed by atoms with Crippen molar-refractivity contribution in [2.45, 2.75) is 30.2 Å². The Morgan fingerprint density at radius 2 is 2.04 bits per heavy atom. The first kappa shape index (κ1) is 16.0. The predicted octanol–water partition coefficient (Wildman–Crippen LogP) is 2.01. The zero-order chi connectivity index (χ0) is 16.6. The lowest BCUT2D eigenvalue weighted by Gasteiger charge is -2.33. The molecule has 1 saturated heterocycles. The SMILES string of the molecule is Cn1cnnc1C1CCCCN1S(=O)(=O)c1ccc(F)cc1F. The van der Waals surface area contributed by atoms with Crippen LogP contribution >= 0.6 is 0 Å². The van der Waals surface area contributed by atoms with Gasteiger partial charge in [0.25, 0.3) is 0 Å². The van der Waals surface area contributed by atoms with Crippen molar-refractivity contribution in [1.29, 1.82) is 0 Å². The lowest BCUT2D eigenvalue weighted by molar-refractivity contribution is 0.242. The van der Waals surface area contributed by atoms with Gasteiger partial charge in [0.1, 0.15) is 22.9 Å². The molecule has 9 heteroatoms. The fourth-order valence-electron chi connectivity index (χ4n) is 2.86. The topological polar surface area (TPSA) is 68.1 Å². The second-order valence-electron chi connectivity index (χ2n) is 5.50. The van der Waals surface area contributed by atoms with Crippen molar-refractivity contribution in [2.24, 2.45) is 7.05 Å². The molecule has 23 heavy (non-hydrogen) atoms. The minimum Gasteiger partial charge on any atom is -0.319 e. The summed E-state index contributed by atoms with van der Waals surface area (Å²) >= 11 is 0. The summed E-state index contributed by atoms with van der Waals surface area (Å²) < 4.78 is 55.6. The molecule has 2 aromatic rings. The molecule has 0 amide bonds. The van der Waals surface area contributed by atoms with E-state index < -0.39 is 32.6 Å². The Labute approximate surface area is 132 Å². The molecule has 1 atom stereocenters. The smallest absolute Gasteiger partial charge is 0.246 e. The zero-order valence-corrected chi connectivity index (χ0v) is 13.3. The van der Waals surface area contributed by atoms with Crippen molar-refractivity contribution in [2.75, 3.05) is 6.54 Å². The molecule has 0 saturated carbocycles. The molecule has 0 spiro atoms. The molecule has 124 valence electrons. The van der Waals surface area contributed by atoms with Crippen LogP contribution in [0.3, 0.4) is 0 Å².